The Morgan fingerprint density at radius 3 is 2.48 bits per heavy atom. The molecule has 10 heteroatoms. The molecule has 1 fully saturated rings. The Labute approximate surface area is 177 Å². The first kappa shape index (κ1) is 24.3. The topological polar surface area (TPSA) is 45.7 Å². The standard InChI is InChI=1S/C17H23F4N3OS.HI/c1-22-15(24-11-16(26-2)5-7-25-8-6-16)23-10-12-3-4-13(18)9-14(12)17(19,20)21;/h3-4,9H,5-8,10-11H2,1-2H3,(H2,22,23,24);1H. The molecule has 2 rings (SSSR count). The third-order valence-corrected chi connectivity index (χ3v) is 5.88. The minimum atomic E-state index is -4.61. The molecule has 0 radical (unpaired) electrons. The van der Waals surface area contributed by atoms with Crippen LogP contribution in [-0.2, 0) is 17.5 Å². The molecule has 0 aliphatic carbocycles. The number of rotatable bonds is 5. The van der Waals surface area contributed by atoms with Crippen molar-refractivity contribution >= 4 is 41.7 Å². The number of hydrogen-bond donors (Lipinski definition) is 2. The van der Waals surface area contributed by atoms with Gasteiger partial charge in [0.05, 0.1) is 5.56 Å². The summed E-state index contributed by atoms with van der Waals surface area (Å²) in [7, 11) is 1.56. The molecule has 1 heterocycles. The summed E-state index contributed by atoms with van der Waals surface area (Å²) in [5.74, 6) is -0.507. The van der Waals surface area contributed by atoms with Crippen LogP contribution in [0.25, 0.3) is 0 Å². The van der Waals surface area contributed by atoms with Crippen LogP contribution in [0, 0.1) is 5.82 Å². The first-order valence-electron chi connectivity index (χ1n) is 8.23. The van der Waals surface area contributed by atoms with Crippen molar-refractivity contribution in [3.63, 3.8) is 0 Å². The predicted molar refractivity (Wildman–Crippen MR) is 111 cm³/mol. The molecule has 0 spiro atoms. The second kappa shape index (κ2) is 10.7. The van der Waals surface area contributed by atoms with Crippen LogP contribution < -0.4 is 10.6 Å². The van der Waals surface area contributed by atoms with Gasteiger partial charge in [0.1, 0.15) is 5.82 Å². The van der Waals surface area contributed by atoms with E-state index in [0.29, 0.717) is 31.8 Å². The van der Waals surface area contributed by atoms with E-state index in [1.165, 1.54) is 0 Å². The van der Waals surface area contributed by atoms with Crippen LogP contribution in [0.3, 0.4) is 0 Å². The molecule has 2 N–H and O–H groups in total. The number of halogens is 5. The van der Waals surface area contributed by atoms with E-state index in [2.05, 4.69) is 15.6 Å². The summed E-state index contributed by atoms with van der Waals surface area (Å²) in [5, 5.41) is 6.05. The Morgan fingerprint density at radius 2 is 1.93 bits per heavy atom. The summed E-state index contributed by atoms with van der Waals surface area (Å²) < 4.78 is 57.8. The van der Waals surface area contributed by atoms with Crippen LogP contribution >= 0.6 is 35.7 Å². The predicted octanol–water partition coefficient (Wildman–Crippen LogP) is 4.04. The number of hydrogen-bond acceptors (Lipinski definition) is 3. The van der Waals surface area contributed by atoms with Crippen LogP contribution in [0.4, 0.5) is 17.6 Å². The normalized spacial score (nSPS) is 17.2. The monoisotopic (exact) mass is 521 g/mol. The van der Waals surface area contributed by atoms with Crippen molar-refractivity contribution < 1.29 is 22.3 Å². The van der Waals surface area contributed by atoms with Gasteiger partial charge in [-0.15, -0.1) is 24.0 Å². The van der Waals surface area contributed by atoms with Gasteiger partial charge in [0.25, 0.3) is 0 Å². The second-order valence-corrected chi connectivity index (χ2v) is 7.35. The second-order valence-electron chi connectivity index (χ2n) is 6.08. The molecular weight excluding hydrogens is 497 g/mol. The van der Waals surface area contributed by atoms with E-state index in [0.717, 1.165) is 25.0 Å². The van der Waals surface area contributed by atoms with Crippen LogP contribution in [0.2, 0.25) is 0 Å². The molecule has 0 unspecified atom stereocenters. The smallest absolute Gasteiger partial charge is 0.381 e. The lowest BCUT2D eigenvalue weighted by Crippen LogP contribution is -2.47. The van der Waals surface area contributed by atoms with E-state index >= 15 is 0 Å². The maximum atomic E-state index is 13.2. The largest absolute Gasteiger partial charge is 0.416 e. The third-order valence-electron chi connectivity index (χ3n) is 4.46. The fraction of sp³-hybridized carbons (Fsp3) is 0.588. The Balaban J connectivity index is 0.00000364. The number of benzene rings is 1. The van der Waals surface area contributed by atoms with Crippen LogP contribution in [-0.4, -0.2) is 43.8 Å². The van der Waals surface area contributed by atoms with Crippen LogP contribution in [0.15, 0.2) is 23.2 Å². The molecule has 1 aliphatic heterocycles. The first-order chi connectivity index (χ1) is 12.3. The highest BCUT2D eigenvalue weighted by atomic mass is 127. The quantitative estimate of drug-likeness (QED) is 0.266. The van der Waals surface area contributed by atoms with Gasteiger partial charge < -0.3 is 15.4 Å². The van der Waals surface area contributed by atoms with Crippen molar-refractivity contribution in [1.82, 2.24) is 10.6 Å². The summed E-state index contributed by atoms with van der Waals surface area (Å²) in [5.41, 5.74) is -1.02. The maximum Gasteiger partial charge on any atom is 0.416 e. The van der Waals surface area contributed by atoms with Gasteiger partial charge >= 0.3 is 6.18 Å². The van der Waals surface area contributed by atoms with Gasteiger partial charge in [-0.3, -0.25) is 4.99 Å². The number of guanidine groups is 1. The molecule has 1 aromatic carbocycles. The van der Waals surface area contributed by atoms with Crippen molar-refractivity contribution in [3.8, 4) is 0 Å². The summed E-state index contributed by atoms with van der Waals surface area (Å²) in [4.78, 5) is 4.06. The number of aliphatic imine (C=N–C) groups is 1. The number of nitrogens with zero attached hydrogens (tertiary/aromatic N) is 1. The van der Waals surface area contributed by atoms with E-state index < -0.39 is 17.6 Å². The fourth-order valence-electron chi connectivity index (χ4n) is 2.81. The van der Waals surface area contributed by atoms with Crippen LogP contribution in [0.5, 0.6) is 0 Å². The van der Waals surface area contributed by atoms with Gasteiger partial charge in [-0.25, -0.2) is 4.39 Å². The number of thioether (sulfide) groups is 1. The highest BCUT2D eigenvalue weighted by Crippen LogP contribution is 2.33. The summed E-state index contributed by atoms with van der Waals surface area (Å²) >= 11 is 1.75. The Morgan fingerprint density at radius 1 is 1.26 bits per heavy atom. The third kappa shape index (κ3) is 6.97. The molecular formula is C17H24F4IN3OS. The van der Waals surface area contributed by atoms with Gasteiger partial charge in [-0.2, -0.15) is 24.9 Å². The summed E-state index contributed by atoms with van der Waals surface area (Å²) in [6.07, 6.45) is -0.777. The Bertz CT molecular complexity index is 637. The van der Waals surface area contributed by atoms with Crippen LogP contribution in [0.1, 0.15) is 24.0 Å². The molecule has 0 saturated carbocycles. The minimum Gasteiger partial charge on any atom is -0.381 e. The van der Waals surface area contributed by atoms with Gasteiger partial charge in [-0.1, -0.05) is 6.07 Å². The Kier molecular flexibility index (Phi) is 9.63. The molecule has 1 aromatic rings. The summed E-state index contributed by atoms with van der Waals surface area (Å²) in [6.45, 7) is 1.91. The van der Waals surface area contributed by atoms with Gasteiger partial charge in [0.15, 0.2) is 5.96 Å². The van der Waals surface area contributed by atoms with E-state index in [4.69, 9.17) is 4.74 Å². The average Bonchev–Trinajstić information content (AvgIpc) is 2.62. The minimum absolute atomic E-state index is 0. The Hall–Kier alpha value is -0.750. The van der Waals surface area contributed by atoms with Crippen molar-refractivity contribution in [3.05, 3.63) is 35.1 Å². The molecule has 0 aromatic heterocycles. The zero-order chi connectivity index (χ0) is 19.2. The van der Waals surface area contributed by atoms with Crippen molar-refractivity contribution in [2.45, 2.75) is 30.3 Å². The average molecular weight is 521 g/mol. The van der Waals surface area contributed by atoms with E-state index in [1.54, 1.807) is 18.8 Å². The molecule has 154 valence electrons. The molecule has 0 atom stereocenters. The molecule has 0 bridgehead atoms. The van der Waals surface area contributed by atoms with Crippen molar-refractivity contribution in [2.24, 2.45) is 4.99 Å². The van der Waals surface area contributed by atoms with Gasteiger partial charge in [-0.05, 0) is 36.8 Å². The lowest BCUT2D eigenvalue weighted by atomic mass is 9.99. The SMILES string of the molecule is CN=C(NCc1ccc(F)cc1C(F)(F)F)NCC1(SC)CCOCC1.I. The fourth-order valence-corrected chi connectivity index (χ4v) is 3.60. The van der Waals surface area contributed by atoms with E-state index in [-0.39, 0.29) is 40.8 Å². The highest BCUT2D eigenvalue weighted by molar-refractivity contribution is 14.0. The molecule has 1 saturated heterocycles. The van der Waals surface area contributed by atoms with Crippen molar-refractivity contribution in [2.75, 3.05) is 33.1 Å². The zero-order valence-corrected chi connectivity index (χ0v) is 18.3. The maximum absolute atomic E-state index is 13.2. The zero-order valence-electron chi connectivity index (χ0n) is 15.2. The summed E-state index contributed by atoms with van der Waals surface area (Å²) in [6, 6.07) is 2.67. The van der Waals surface area contributed by atoms with E-state index in [1.807, 2.05) is 6.26 Å². The van der Waals surface area contributed by atoms with Crippen molar-refractivity contribution in [1.29, 1.82) is 0 Å². The highest BCUT2D eigenvalue weighted by Gasteiger charge is 2.34. The molecule has 0 amide bonds. The van der Waals surface area contributed by atoms with Gasteiger partial charge in [0, 0.05) is 38.1 Å². The molecule has 1 aliphatic rings. The lowest BCUT2D eigenvalue weighted by molar-refractivity contribution is -0.138. The number of ether oxygens (including phenoxy) is 1. The molecule has 4 nitrogen and oxygen atoms in total. The molecule has 27 heavy (non-hydrogen) atoms. The number of nitrogens with one attached hydrogen (secondary N) is 2. The van der Waals surface area contributed by atoms with E-state index in [9.17, 15) is 17.6 Å². The first-order valence-corrected chi connectivity index (χ1v) is 9.45. The number of alkyl halides is 3. The van der Waals surface area contributed by atoms with Gasteiger partial charge in [0.2, 0.25) is 0 Å². The lowest BCUT2D eigenvalue weighted by Gasteiger charge is -2.36.